The molecule has 0 saturated heterocycles. The number of hydrogen-bond donors (Lipinski definition) is 0. The van der Waals surface area contributed by atoms with Gasteiger partial charge in [0.15, 0.2) is 0 Å². The summed E-state index contributed by atoms with van der Waals surface area (Å²) in [5, 5.41) is 8.76. The fourth-order valence-corrected chi connectivity index (χ4v) is 1.46. The Bertz CT molecular complexity index is 469. The Morgan fingerprint density at radius 3 is 2.50 bits per heavy atom. The number of benzene rings is 1. The molecule has 0 unspecified atom stereocenters. The predicted octanol–water partition coefficient (Wildman–Crippen LogP) is 2.25. The van der Waals surface area contributed by atoms with Crippen molar-refractivity contribution in [3.63, 3.8) is 0 Å². The molecule has 0 aromatic heterocycles. The van der Waals surface area contributed by atoms with E-state index in [0.29, 0.717) is 6.42 Å². The number of nitrogens with zero attached hydrogens (tertiary/aromatic N) is 1. The number of carbonyl (C=O) groups is 1. The van der Waals surface area contributed by atoms with Gasteiger partial charge in [-0.2, -0.15) is 5.26 Å². The van der Waals surface area contributed by atoms with E-state index in [9.17, 15) is 4.79 Å². The second-order valence-electron chi connectivity index (χ2n) is 3.61. The first-order valence-electron chi connectivity index (χ1n) is 5.52. The summed E-state index contributed by atoms with van der Waals surface area (Å²) in [5.41, 5.74) is 1.17. The molecule has 0 N–H and O–H groups in total. The van der Waals surface area contributed by atoms with Gasteiger partial charge in [0.25, 0.3) is 0 Å². The molecule has 94 valence electrons. The molecule has 18 heavy (non-hydrogen) atoms. The minimum absolute atomic E-state index is 0.0472. The van der Waals surface area contributed by atoms with Crippen LogP contribution in [0.25, 0.3) is 0 Å². The minimum Gasteiger partial charge on any atom is -0.497 e. The second-order valence-corrected chi connectivity index (χ2v) is 3.61. The maximum atomic E-state index is 11.1. The Morgan fingerprint density at radius 1 is 1.33 bits per heavy atom. The van der Waals surface area contributed by atoms with Crippen LogP contribution in [0.3, 0.4) is 0 Å². The van der Waals surface area contributed by atoms with Crippen molar-refractivity contribution in [2.45, 2.75) is 12.8 Å². The first-order chi connectivity index (χ1) is 8.71. The first-order valence-corrected chi connectivity index (χ1v) is 5.52. The summed E-state index contributed by atoms with van der Waals surface area (Å²) in [6.45, 7) is 0. The van der Waals surface area contributed by atoms with E-state index in [1.54, 1.807) is 13.2 Å². The third-order valence-electron chi connectivity index (χ3n) is 2.47. The SMILES string of the molecule is COC(=O)/C(C#N)=C/CCc1ccc(OC)cc1. The lowest BCUT2D eigenvalue weighted by Gasteiger charge is -2.02. The van der Waals surface area contributed by atoms with E-state index < -0.39 is 5.97 Å². The maximum Gasteiger partial charge on any atom is 0.348 e. The molecule has 0 atom stereocenters. The minimum atomic E-state index is -0.591. The summed E-state index contributed by atoms with van der Waals surface area (Å²) in [7, 11) is 2.88. The predicted molar refractivity (Wildman–Crippen MR) is 67.0 cm³/mol. The number of carbonyl (C=O) groups excluding carboxylic acids is 1. The van der Waals surface area contributed by atoms with Crippen molar-refractivity contribution in [1.29, 1.82) is 5.26 Å². The van der Waals surface area contributed by atoms with Crippen LogP contribution in [0.2, 0.25) is 0 Å². The van der Waals surface area contributed by atoms with Gasteiger partial charge in [0.1, 0.15) is 17.4 Å². The Hall–Kier alpha value is -2.28. The van der Waals surface area contributed by atoms with Crippen LogP contribution in [0.1, 0.15) is 12.0 Å². The molecule has 0 bridgehead atoms. The zero-order valence-electron chi connectivity index (χ0n) is 10.5. The second kappa shape index (κ2) is 7.13. The quantitative estimate of drug-likeness (QED) is 0.453. The smallest absolute Gasteiger partial charge is 0.348 e. The summed E-state index contributed by atoms with van der Waals surface area (Å²) >= 11 is 0. The highest BCUT2D eigenvalue weighted by Crippen LogP contribution is 2.13. The van der Waals surface area contributed by atoms with E-state index in [2.05, 4.69) is 4.74 Å². The van der Waals surface area contributed by atoms with Crippen LogP contribution in [0.4, 0.5) is 0 Å². The van der Waals surface area contributed by atoms with Gasteiger partial charge in [-0.15, -0.1) is 0 Å². The number of rotatable bonds is 5. The molecule has 1 aromatic carbocycles. The molecule has 0 fully saturated rings. The number of methoxy groups -OCH3 is 2. The molecular formula is C14H15NO3. The Labute approximate surface area is 106 Å². The van der Waals surface area contributed by atoms with Crippen molar-refractivity contribution in [2.75, 3.05) is 14.2 Å². The van der Waals surface area contributed by atoms with Crippen LogP contribution in [-0.4, -0.2) is 20.2 Å². The van der Waals surface area contributed by atoms with Gasteiger partial charge in [-0.05, 0) is 30.5 Å². The van der Waals surface area contributed by atoms with Gasteiger partial charge in [0.2, 0.25) is 0 Å². The highest BCUT2D eigenvalue weighted by Gasteiger charge is 2.07. The molecule has 0 aliphatic heterocycles. The van der Waals surface area contributed by atoms with E-state index >= 15 is 0 Å². The number of nitriles is 1. The Balaban J connectivity index is 2.57. The van der Waals surface area contributed by atoms with Gasteiger partial charge in [0.05, 0.1) is 14.2 Å². The van der Waals surface area contributed by atoms with Gasteiger partial charge in [-0.1, -0.05) is 18.2 Å². The summed E-state index contributed by atoms with van der Waals surface area (Å²) in [4.78, 5) is 11.1. The lowest BCUT2D eigenvalue weighted by molar-refractivity contribution is -0.135. The van der Waals surface area contributed by atoms with Crippen molar-refractivity contribution in [1.82, 2.24) is 0 Å². The van der Waals surface area contributed by atoms with Crippen molar-refractivity contribution >= 4 is 5.97 Å². The topological polar surface area (TPSA) is 59.3 Å². The van der Waals surface area contributed by atoms with Crippen molar-refractivity contribution < 1.29 is 14.3 Å². The van der Waals surface area contributed by atoms with Crippen LogP contribution >= 0.6 is 0 Å². The molecule has 1 rings (SSSR count). The van der Waals surface area contributed by atoms with Crippen molar-refractivity contribution in [3.05, 3.63) is 41.5 Å². The fourth-order valence-electron chi connectivity index (χ4n) is 1.46. The third-order valence-corrected chi connectivity index (χ3v) is 2.47. The highest BCUT2D eigenvalue weighted by molar-refractivity contribution is 5.92. The Kier molecular flexibility index (Phi) is 5.46. The van der Waals surface area contributed by atoms with Crippen LogP contribution in [0.15, 0.2) is 35.9 Å². The van der Waals surface area contributed by atoms with E-state index in [-0.39, 0.29) is 5.57 Å². The molecule has 0 aliphatic carbocycles. The number of aryl methyl sites for hydroxylation is 1. The van der Waals surface area contributed by atoms with Crippen LogP contribution in [-0.2, 0) is 16.0 Å². The van der Waals surface area contributed by atoms with E-state index in [1.807, 2.05) is 30.3 Å². The molecule has 0 radical (unpaired) electrons. The van der Waals surface area contributed by atoms with Crippen LogP contribution < -0.4 is 4.74 Å². The van der Waals surface area contributed by atoms with Crippen molar-refractivity contribution in [3.8, 4) is 11.8 Å². The lowest BCUT2D eigenvalue weighted by atomic mass is 10.1. The average molecular weight is 245 g/mol. The van der Waals surface area contributed by atoms with Gasteiger partial charge >= 0.3 is 5.97 Å². The number of allylic oxidation sites excluding steroid dienone is 1. The largest absolute Gasteiger partial charge is 0.497 e. The fraction of sp³-hybridized carbons (Fsp3) is 0.286. The molecule has 1 aromatic rings. The molecule has 0 saturated carbocycles. The summed E-state index contributed by atoms with van der Waals surface area (Å²) in [6, 6.07) is 9.49. The van der Waals surface area contributed by atoms with Crippen LogP contribution in [0.5, 0.6) is 5.75 Å². The van der Waals surface area contributed by atoms with E-state index in [0.717, 1.165) is 17.7 Å². The van der Waals surface area contributed by atoms with Gasteiger partial charge in [-0.3, -0.25) is 0 Å². The van der Waals surface area contributed by atoms with Crippen LogP contribution in [0, 0.1) is 11.3 Å². The molecule has 0 spiro atoms. The molecular weight excluding hydrogens is 230 g/mol. The standard InChI is InChI=1S/C14H15NO3/c1-17-13-8-6-11(7-9-13)4-3-5-12(10-15)14(16)18-2/h5-9H,3-4H2,1-2H3/b12-5+. The van der Waals surface area contributed by atoms with Crippen molar-refractivity contribution in [2.24, 2.45) is 0 Å². The molecule has 0 amide bonds. The molecule has 4 heteroatoms. The summed E-state index contributed by atoms with van der Waals surface area (Å²) in [5.74, 6) is 0.216. The average Bonchev–Trinajstić information content (AvgIpc) is 2.43. The number of esters is 1. The number of hydrogen-bond acceptors (Lipinski definition) is 4. The van der Waals surface area contributed by atoms with E-state index in [4.69, 9.17) is 10.00 Å². The maximum absolute atomic E-state index is 11.1. The summed E-state index contributed by atoms with van der Waals surface area (Å²) < 4.78 is 9.55. The monoisotopic (exact) mass is 245 g/mol. The van der Waals surface area contributed by atoms with Gasteiger partial charge in [-0.25, -0.2) is 4.79 Å². The highest BCUT2D eigenvalue weighted by atomic mass is 16.5. The van der Waals surface area contributed by atoms with Gasteiger partial charge < -0.3 is 9.47 Å². The summed E-state index contributed by atoms with van der Waals surface area (Å²) in [6.07, 6.45) is 2.96. The first kappa shape index (κ1) is 13.8. The number of ether oxygens (including phenoxy) is 2. The molecule has 0 aliphatic rings. The van der Waals surface area contributed by atoms with E-state index in [1.165, 1.54) is 7.11 Å². The normalized spacial score (nSPS) is 10.6. The zero-order chi connectivity index (χ0) is 13.4. The molecule has 0 heterocycles. The lowest BCUT2D eigenvalue weighted by Crippen LogP contribution is -2.02. The van der Waals surface area contributed by atoms with Gasteiger partial charge in [0, 0.05) is 0 Å². The third kappa shape index (κ3) is 3.95. The zero-order valence-corrected chi connectivity index (χ0v) is 10.5. The molecule has 4 nitrogen and oxygen atoms in total. The Morgan fingerprint density at radius 2 is 2.00 bits per heavy atom.